The molecule has 4 heteroatoms. The molecule has 0 saturated heterocycles. The van der Waals surface area contributed by atoms with Crippen LogP contribution < -0.4 is 4.74 Å². The minimum atomic E-state index is 0.734. The van der Waals surface area contributed by atoms with Gasteiger partial charge in [0.2, 0.25) is 5.13 Å². The zero-order valence-electron chi connectivity index (χ0n) is 12.6. The summed E-state index contributed by atoms with van der Waals surface area (Å²) >= 11 is 1.56. The Labute approximate surface area is 137 Å². The monoisotopic (exact) mass is 318 g/mol. The Kier molecular flexibility index (Phi) is 3.52. The van der Waals surface area contributed by atoms with E-state index in [1.165, 1.54) is 10.8 Å². The van der Waals surface area contributed by atoms with E-state index in [0.29, 0.717) is 0 Å². The molecule has 0 radical (unpaired) electrons. The number of benzene rings is 3. The summed E-state index contributed by atoms with van der Waals surface area (Å²) in [6.07, 6.45) is 1.86. The summed E-state index contributed by atoms with van der Waals surface area (Å²) in [7, 11) is 1.66. The minimum Gasteiger partial charge on any atom is -0.494 e. The highest BCUT2D eigenvalue weighted by Gasteiger charge is 2.07. The number of ether oxygens (including phenoxy) is 1. The minimum absolute atomic E-state index is 0.734. The van der Waals surface area contributed by atoms with Gasteiger partial charge in [-0.1, -0.05) is 53.8 Å². The van der Waals surface area contributed by atoms with Crippen molar-refractivity contribution in [1.82, 2.24) is 4.98 Å². The van der Waals surface area contributed by atoms with E-state index >= 15 is 0 Å². The molecule has 0 unspecified atom stereocenters. The normalized spacial score (nSPS) is 11.5. The standard InChI is InChI=1S/C19H14N2OS/c1-22-16-7-4-8-17-18(16)21-19(23-17)20-12-13-9-10-14-5-2-3-6-15(14)11-13/h2-12H,1H3. The number of aliphatic imine (C=N–C) groups is 1. The van der Waals surface area contributed by atoms with Crippen molar-refractivity contribution in [1.29, 1.82) is 0 Å². The van der Waals surface area contributed by atoms with Crippen molar-refractivity contribution in [2.75, 3.05) is 7.11 Å². The summed E-state index contributed by atoms with van der Waals surface area (Å²) < 4.78 is 6.42. The second kappa shape index (κ2) is 5.82. The maximum atomic E-state index is 5.34. The predicted octanol–water partition coefficient (Wildman–Crippen LogP) is 5.21. The first-order chi connectivity index (χ1) is 11.3. The van der Waals surface area contributed by atoms with Crippen LogP contribution in [0.15, 0.2) is 65.7 Å². The van der Waals surface area contributed by atoms with E-state index in [4.69, 9.17) is 4.74 Å². The van der Waals surface area contributed by atoms with Crippen molar-refractivity contribution in [3.8, 4) is 5.75 Å². The maximum Gasteiger partial charge on any atom is 0.210 e. The van der Waals surface area contributed by atoms with Crippen LogP contribution >= 0.6 is 11.3 Å². The number of fused-ring (bicyclic) bond motifs is 2. The smallest absolute Gasteiger partial charge is 0.210 e. The van der Waals surface area contributed by atoms with Crippen LogP contribution in [-0.2, 0) is 0 Å². The van der Waals surface area contributed by atoms with Crippen LogP contribution in [0.25, 0.3) is 21.0 Å². The van der Waals surface area contributed by atoms with Gasteiger partial charge in [-0.3, -0.25) is 0 Å². The summed E-state index contributed by atoms with van der Waals surface area (Å²) in [4.78, 5) is 9.08. The van der Waals surface area contributed by atoms with E-state index in [1.807, 2.05) is 36.5 Å². The average molecular weight is 318 g/mol. The van der Waals surface area contributed by atoms with Crippen LogP contribution in [0.3, 0.4) is 0 Å². The highest BCUT2D eigenvalue weighted by molar-refractivity contribution is 7.22. The van der Waals surface area contributed by atoms with E-state index in [1.54, 1.807) is 18.4 Å². The first-order valence-corrected chi connectivity index (χ1v) is 8.11. The molecule has 0 bridgehead atoms. The van der Waals surface area contributed by atoms with Gasteiger partial charge in [-0.15, -0.1) is 0 Å². The van der Waals surface area contributed by atoms with Crippen molar-refractivity contribution in [2.45, 2.75) is 0 Å². The number of aromatic nitrogens is 1. The summed E-state index contributed by atoms with van der Waals surface area (Å²) in [5.41, 5.74) is 1.93. The van der Waals surface area contributed by atoms with Crippen molar-refractivity contribution in [3.63, 3.8) is 0 Å². The number of para-hydroxylation sites is 1. The van der Waals surface area contributed by atoms with Crippen LogP contribution in [0.4, 0.5) is 5.13 Å². The van der Waals surface area contributed by atoms with E-state index in [2.05, 4.69) is 40.3 Å². The first-order valence-electron chi connectivity index (χ1n) is 7.30. The topological polar surface area (TPSA) is 34.5 Å². The number of hydrogen-bond donors (Lipinski definition) is 0. The lowest BCUT2D eigenvalue weighted by Gasteiger charge is -1.98. The number of nitrogens with zero attached hydrogens (tertiary/aromatic N) is 2. The van der Waals surface area contributed by atoms with E-state index in [0.717, 1.165) is 26.7 Å². The van der Waals surface area contributed by atoms with E-state index in [9.17, 15) is 0 Å². The van der Waals surface area contributed by atoms with Gasteiger partial charge in [0.25, 0.3) is 0 Å². The Bertz CT molecular complexity index is 1020. The molecule has 4 aromatic rings. The summed E-state index contributed by atoms with van der Waals surface area (Å²) in [5, 5.41) is 3.18. The van der Waals surface area contributed by atoms with Gasteiger partial charge in [-0.05, 0) is 34.5 Å². The van der Waals surface area contributed by atoms with Crippen LogP contribution in [0.5, 0.6) is 5.75 Å². The second-order valence-electron chi connectivity index (χ2n) is 5.17. The molecular formula is C19H14N2OS. The lowest BCUT2D eigenvalue weighted by Crippen LogP contribution is -1.83. The molecule has 0 atom stereocenters. The molecule has 3 aromatic carbocycles. The predicted molar refractivity (Wildman–Crippen MR) is 97.4 cm³/mol. The van der Waals surface area contributed by atoms with Crippen LogP contribution in [0, 0.1) is 0 Å². The van der Waals surface area contributed by atoms with Gasteiger partial charge < -0.3 is 4.74 Å². The molecule has 0 aliphatic rings. The fourth-order valence-electron chi connectivity index (χ4n) is 2.55. The third kappa shape index (κ3) is 2.69. The Morgan fingerprint density at radius 3 is 2.74 bits per heavy atom. The Hall–Kier alpha value is -2.72. The molecule has 112 valence electrons. The van der Waals surface area contributed by atoms with E-state index < -0.39 is 0 Å². The molecule has 0 aliphatic heterocycles. The van der Waals surface area contributed by atoms with Gasteiger partial charge in [0.05, 0.1) is 11.8 Å². The second-order valence-corrected chi connectivity index (χ2v) is 6.18. The Morgan fingerprint density at radius 2 is 1.87 bits per heavy atom. The lowest BCUT2D eigenvalue weighted by atomic mass is 10.1. The van der Waals surface area contributed by atoms with Gasteiger partial charge in [0.15, 0.2) is 0 Å². The van der Waals surface area contributed by atoms with Crippen LogP contribution in [-0.4, -0.2) is 18.3 Å². The summed E-state index contributed by atoms with van der Waals surface area (Å²) in [5.74, 6) is 0.783. The Morgan fingerprint density at radius 1 is 1.00 bits per heavy atom. The fraction of sp³-hybridized carbons (Fsp3) is 0.0526. The SMILES string of the molecule is COc1cccc2sc(N=Cc3ccc4ccccc4c3)nc12. The lowest BCUT2D eigenvalue weighted by molar-refractivity contribution is 0.419. The van der Waals surface area contributed by atoms with Gasteiger partial charge in [0.1, 0.15) is 11.3 Å². The number of thiazole rings is 1. The quantitative estimate of drug-likeness (QED) is 0.486. The maximum absolute atomic E-state index is 5.34. The summed E-state index contributed by atoms with van der Waals surface area (Å²) in [6, 6.07) is 20.5. The molecule has 0 aliphatic carbocycles. The number of rotatable bonds is 3. The molecule has 3 nitrogen and oxygen atoms in total. The van der Waals surface area contributed by atoms with Crippen molar-refractivity contribution >= 4 is 43.7 Å². The molecule has 0 spiro atoms. The van der Waals surface area contributed by atoms with Crippen LogP contribution in [0.1, 0.15) is 5.56 Å². The molecule has 23 heavy (non-hydrogen) atoms. The molecule has 0 fully saturated rings. The number of hydrogen-bond acceptors (Lipinski definition) is 4. The third-order valence-electron chi connectivity index (χ3n) is 3.69. The molecule has 0 N–H and O–H groups in total. The van der Waals surface area contributed by atoms with Crippen LogP contribution in [0.2, 0.25) is 0 Å². The molecule has 0 saturated carbocycles. The van der Waals surface area contributed by atoms with Crippen molar-refractivity contribution in [3.05, 3.63) is 66.2 Å². The van der Waals surface area contributed by atoms with Gasteiger partial charge in [-0.25, -0.2) is 9.98 Å². The average Bonchev–Trinajstić information content (AvgIpc) is 3.02. The molecular weight excluding hydrogens is 304 g/mol. The molecule has 1 aromatic heterocycles. The fourth-order valence-corrected chi connectivity index (χ4v) is 3.38. The highest BCUT2D eigenvalue weighted by atomic mass is 32.1. The highest BCUT2D eigenvalue weighted by Crippen LogP contribution is 2.33. The molecule has 1 heterocycles. The third-order valence-corrected chi connectivity index (χ3v) is 4.62. The Balaban J connectivity index is 1.69. The van der Waals surface area contributed by atoms with Gasteiger partial charge in [-0.2, -0.15) is 0 Å². The largest absolute Gasteiger partial charge is 0.494 e. The van der Waals surface area contributed by atoms with E-state index in [-0.39, 0.29) is 0 Å². The molecule has 0 amide bonds. The van der Waals surface area contributed by atoms with Crippen molar-refractivity contribution in [2.24, 2.45) is 4.99 Å². The molecule has 4 rings (SSSR count). The number of methoxy groups -OCH3 is 1. The zero-order chi connectivity index (χ0) is 15.6. The zero-order valence-corrected chi connectivity index (χ0v) is 13.4. The van der Waals surface area contributed by atoms with Crippen molar-refractivity contribution < 1.29 is 4.74 Å². The summed E-state index contributed by atoms with van der Waals surface area (Å²) in [6.45, 7) is 0. The first kappa shape index (κ1) is 13.9. The van der Waals surface area contributed by atoms with Gasteiger partial charge >= 0.3 is 0 Å². The van der Waals surface area contributed by atoms with Gasteiger partial charge in [0, 0.05) is 6.21 Å².